The molecule has 0 radical (unpaired) electrons. The zero-order chi connectivity index (χ0) is 7.28. The Morgan fingerprint density at radius 1 is 1.78 bits per heavy atom. The molecule has 0 aliphatic heterocycles. The van der Waals surface area contributed by atoms with Gasteiger partial charge in [0.2, 0.25) is 0 Å². The maximum Gasteiger partial charge on any atom is 0.0887 e. The fourth-order valence-electron chi connectivity index (χ4n) is 0.590. The minimum Gasteiger partial charge on any atom is -0.338 e. The summed E-state index contributed by atoms with van der Waals surface area (Å²) in [6.07, 6.45) is 1.78. The number of hydrogen-bond acceptors (Lipinski definition) is 1. The van der Waals surface area contributed by atoms with Gasteiger partial charge in [0.15, 0.2) is 0 Å². The lowest BCUT2D eigenvalue weighted by molar-refractivity contribution is 0.560. The van der Waals surface area contributed by atoms with Crippen molar-refractivity contribution in [1.82, 2.24) is 4.90 Å². The lowest BCUT2D eigenvalue weighted by atomic mass is 10.5. The molecule has 0 bridgehead atoms. The SMILES string of the molecule is C=C(C)N(/C=N\C)CC. The van der Waals surface area contributed by atoms with Crippen LogP contribution >= 0.6 is 0 Å². The lowest BCUT2D eigenvalue weighted by Gasteiger charge is -2.15. The Kier molecular flexibility index (Phi) is 3.76. The van der Waals surface area contributed by atoms with Gasteiger partial charge in [0, 0.05) is 19.3 Å². The zero-order valence-corrected chi connectivity index (χ0v) is 6.39. The van der Waals surface area contributed by atoms with Gasteiger partial charge >= 0.3 is 0 Å². The van der Waals surface area contributed by atoms with Crippen LogP contribution < -0.4 is 0 Å². The van der Waals surface area contributed by atoms with Crippen molar-refractivity contribution >= 4 is 6.34 Å². The molecule has 0 aliphatic carbocycles. The lowest BCUT2D eigenvalue weighted by Crippen LogP contribution is -2.17. The summed E-state index contributed by atoms with van der Waals surface area (Å²) in [5, 5.41) is 0. The quantitative estimate of drug-likeness (QED) is 0.413. The van der Waals surface area contributed by atoms with Gasteiger partial charge in [0.05, 0.1) is 6.34 Å². The van der Waals surface area contributed by atoms with Crippen molar-refractivity contribution in [3.05, 3.63) is 12.3 Å². The summed E-state index contributed by atoms with van der Waals surface area (Å²) < 4.78 is 0. The molecule has 0 saturated carbocycles. The molecule has 0 saturated heterocycles. The third-order valence-electron chi connectivity index (χ3n) is 1.09. The Labute approximate surface area is 56.9 Å². The highest BCUT2D eigenvalue weighted by molar-refractivity contribution is 5.57. The van der Waals surface area contributed by atoms with Gasteiger partial charge in [-0.2, -0.15) is 0 Å². The zero-order valence-electron chi connectivity index (χ0n) is 6.39. The van der Waals surface area contributed by atoms with E-state index in [0.29, 0.717) is 0 Å². The van der Waals surface area contributed by atoms with Crippen molar-refractivity contribution in [2.24, 2.45) is 4.99 Å². The van der Waals surface area contributed by atoms with Gasteiger partial charge in [-0.15, -0.1) is 0 Å². The van der Waals surface area contributed by atoms with Gasteiger partial charge in [-0.1, -0.05) is 6.58 Å². The van der Waals surface area contributed by atoms with Crippen LogP contribution in [0.5, 0.6) is 0 Å². The molecule has 0 aromatic heterocycles. The highest BCUT2D eigenvalue weighted by atomic mass is 15.1. The molecule has 0 atom stereocenters. The van der Waals surface area contributed by atoms with E-state index in [4.69, 9.17) is 0 Å². The molecule has 0 aromatic rings. The van der Waals surface area contributed by atoms with Crippen LogP contribution in [0.2, 0.25) is 0 Å². The summed E-state index contributed by atoms with van der Waals surface area (Å²) >= 11 is 0. The first kappa shape index (κ1) is 8.21. The first-order chi connectivity index (χ1) is 4.22. The van der Waals surface area contributed by atoms with E-state index in [1.807, 2.05) is 11.8 Å². The van der Waals surface area contributed by atoms with Crippen molar-refractivity contribution < 1.29 is 0 Å². The van der Waals surface area contributed by atoms with Gasteiger partial charge in [0.25, 0.3) is 0 Å². The minimum absolute atomic E-state index is 0.937. The fourth-order valence-corrected chi connectivity index (χ4v) is 0.590. The van der Waals surface area contributed by atoms with E-state index in [1.54, 1.807) is 13.4 Å². The molecular weight excluding hydrogens is 112 g/mol. The van der Waals surface area contributed by atoms with Crippen molar-refractivity contribution in [3.8, 4) is 0 Å². The van der Waals surface area contributed by atoms with Crippen LogP contribution in [0.1, 0.15) is 13.8 Å². The van der Waals surface area contributed by atoms with Crippen LogP contribution in [0.25, 0.3) is 0 Å². The average Bonchev–Trinajstić information content (AvgIpc) is 1.82. The largest absolute Gasteiger partial charge is 0.338 e. The molecule has 0 fully saturated rings. The monoisotopic (exact) mass is 126 g/mol. The molecule has 0 aliphatic rings. The molecule has 2 heteroatoms. The molecule has 0 heterocycles. The minimum atomic E-state index is 0.937. The summed E-state index contributed by atoms with van der Waals surface area (Å²) in [4.78, 5) is 5.85. The molecule has 0 aromatic carbocycles. The van der Waals surface area contributed by atoms with E-state index in [2.05, 4.69) is 18.5 Å². The number of hydrogen-bond donors (Lipinski definition) is 0. The smallest absolute Gasteiger partial charge is 0.0887 e. The van der Waals surface area contributed by atoms with Gasteiger partial charge in [-0.05, 0) is 13.8 Å². The third kappa shape index (κ3) is 2.90. The second-order valence-electron chi connectivity index (χ2n) is 1.89. The number of aliphatic imine (C=N–C) groups is 1. The molecule has 0 spiro atoms. The van der Waals surface area contributed by atoms with Gasteiger partial charge in [-0.3, -0.25) is 4.99 Å². The maximum absolute atomic E-state index is 3.87. The highest BCUT2D eigenvalue weighted by Gasteiger charge is 1.92. The summed E-state index contributed by atoms with van der Waals surface area (Å²) in [6, 6.07) is 0. The van der Waals surface area contributed by atoms with Crippen LogP contribution in [0.4, 0.5) is 0 Å². The Morgan fingerprint density at radius 3 is 2.44 bits per heavy atom. The second-order valence-corrected chi connectivity index (χ2v) is 1.89. The van der Waals surface area contributed by atoms with Crippen LogP contribution in [-0.4, -0.2) is 24.8 Å². The molecule has 0 N–H and O–H groups in total. The normalized spacial score (nSPS) is 10.1. The summed E-state index contributed by atoms with van der Waals surface area (Å²) in [5.41, 5.74) is 1.03. The Balaban J connectivity index is 3.83. The van der Waals surface area contributed by atoms with Crippen LogP contribution in [0.15, 0.2) is 17.3 Å². The number of nitrogens with zero attached hydrogens (tertiary/aromatic N) is 2. The van der Waals surface area contributed by atoms with Gasteiger partial charge in [0.1, 0.15) is 0 Å². The summed E-state index contributed by atoms with van der Waals surface area (Å²) in [5.74, 6) is 0. The van der Waals surface area contributed by atoms with E-state index in [0.717, 1.165) is 12.2 Å². The highest BCUT2D eigenvalue weighted by Crippen LogP contribution is 1.94. The molecule has 0 amide bonds. The van der Waals surface area contributed by atoms with Crippen LogP contribution in [0, 0.1) is 0 Å². The fraction of sp³-hybridized carbons (Fsp3) is 0.571. The number of allylic oxidation sites excluding steroid dienone is 1. The maximum atomic E-state index is 3.87. The molecule has 52 valence electrons. The summed E-state index contributed by atoms with van der Waals surface area (Å²) in [7, 11) is 1.76. The third-order valence-corrected chi connectivity index (χ3v) is 1.09. The first-order valence-corrected chi connectivity index (χ1v) is 3.06. The van der Waals surface area contributed by atoms with Gasteiger partial charge < -0.3 is 4.90 Å². The number of rotatable bonds is 3. The molecule has 0 unspecified atom stereocenters. The van der Waals surface area contributed by atoms with Crippen LogP contribution in [-0.2, 0) is 0 Å². The molecular formula is C7H14N2. The van der Waals surface area contributed by atoms with Crippen LogP contribution in [0.3, 0.4) is 0 Å². The topological polar surface area (TPSA) is 15.6 Å². The standard InChI is InChI=1S/C7H14N2/c1-5-9(6-8-4)7(2)3/h6H,2,5H2,1,3-4H3/b8-6-. The molecule has 0 rings (SSSR count). The Hall–Kier alpha value is -0.790. The molecule has 9 heavy (non-hydrogen) atoms. The van der Waals surface area contributed by atoms with Crippen molar-refractivity contribution in [3.63, 3.8) is 0 Å². The molecule has 2 nitrogen and oxygen atoms in total. The Bertz CT molecular complexity index is 116. The predicted molar refractivity (Wildman–Crippen MR) is 41.6 cm³/mol. The summed E-state index contributed by atoms with van der Waals surface area (Å²) in [6.45, 7) is 8.75. The Morgan fingerprint density at radius 2 is 2.33 bits per heavy atom. The average molecular weight is 126 g/mol. The van der Waals surface area contributed by atoms with E-state index >= 15 is 0 Å². The van der Waals surface area contributed by atoms with E-state index in [-0.39, 0.29) is 0 Å². The second kappa shape index (κ2) is 4.13. The van der Waals surface area contributed by atoms with Gasteiger partial charge in [-0.25, -0.2) is 0 Å². The van der Waals surface area contributed by atoms with E-state index < -0.39 is 0 Å². The van der Waals surface area contributed by atoms with Crippen molar-refractivity contribution in [1.29, 1.82) is 0 Å². The first-order valence-electron chi connectivity index (χ1n) is 3.06. The van der Waals surface area contributed by atoms with Crippen molar-refractivity contribution in [2.45, 2.75) is 13.8 Å². The van der Waals surface area contributed by atoms with Crippen molar-refractivity contribution in [2.75, 3.05) is 13.6 Å². The van der Waals surface area contributed by atoms with E-state index in [9.17, 15) is 0 Å². The predicted octanol–water partition coefficient (Wildman–Crippen LogP) is 1.50. The van der Waals surface area contributed by atoms with E-state index in [1.165, 1.54) is 0 Å².